The zero-order valence-electron chi connectivity index (χ0n) is 14.4. The molecule has 0 N–H and O–H groups in total. The van der Waals surface area contributed by atoms with Gasteiger partial charge in [0.1, 0.15) is 0 Å². The smallest absolute Gasteiger partial charge is 0.338 e. The molecule has 0 aliphatic carbocycles. The molecule has 1 aromatic heterocycles. The van der Waals surface area contributed by atoms with E-state index >= 15 is 0 Å². The van der Waals surface area contributed by atoms with Crippen molar-refractivity contribution in [1.82, 2.24) is 14.7 Å². The van der Waals surface area contributed by atoms with Crippen molar-refractivity contribution in [1.29, 1.82) is 0 Å². The van der Waals surface area contributed by atoms with E-state index in [9.17, 15) is 9.59 Å². The minimum Gasteiger partial charge on any atom is -0.449 e. The standard InChI is InChI=1S/C19H23N3O3/c1-15(18(23)21-12-4-2-3-5-13-21)25-19(24)16-7-9-17(10-8-16)22-14-6-11-20-22/h6-11,14-15H,2-5,12-13H2,1H3. The van der Waals surface area contributed by atoms with Crippen molar-refractivity contribution >= 4 is 11.9 Å². The third-order valence-electron chi connectivity index (χ3n) is 4.42. The summed E-state index contributed by atoms with van der Waals surface area (Å²) in [5.74, 6) is -0.592. The van der Waals surface area contributed by atoms with E-state index in [4.69, 9.17) is 4.74 Å². The summed E-state index contributed by atoms with van der Waals surface area (Å²) in [6.07, 6.45) is 7.09. The third kappa shape index (κ3) is 4.26. The first-order chi connectivity index (χ1) is 12.1. The Kier molecular flexibility index (Phi) is 5.48. The van der Waals surface area contributed by atoms with Gasteiger partial charge in [0, 0.05) is 25.5 Å². The van der Waals surface area contributed by atoms with Crippen LogP contribution in [0.2, 0.25) is 0 Å². The van der Waals surface area contributed by atoms with Crippen LogP contribution in [0.4, 0.5) is 0 Å². The number of hydrogen-bond acceptors (Lipinski definition) is 4. The molecule has 1 aromatic carbocycles. The molecule has 3 rings (SSSR count). The number of carbonyl (C=O) groups excluding carboxylic acids is 2. The molecule has 2 heterocycles. The largest absolute Gasteiger partial charge is 0.449 e. The van der Waals surface area contributed by atoms with Gasteiger partial charge in [0.25, 0.3) is 5.91 Å². The Bertz CT molecular complexity index is 702. The molecule has 6 nitrogen and oxygen atoms in total. The maximum atomic E-state index is 12.5. The molecule has 1 fully saturated rings. The van der Waals surface area contributed by atoms with Crippen molar-refractivity contribution in [3.63, 3.8) is 0 Å². The Morgan fingerprint density at radius 1 is 1.08 bits per heavy atom. The Labute approximate surface area is 147 Å². The Hall–Kier alpha value is -2.63. The first-order valence-electron chi connectivity index (χ1n) is 8.75. The van der Waals surface area contributed by atoms with E-state index in [1.807, 2.05) is 17.2 Å². The molecule has 25 heavy (non-hydrogen) atoms. The van der Waals surface area contributed by atoms with Crippen LogP contribution in [0.25, 0.3) is 5.69 Å². The molecule has 132 valence electrons. The molecule has 1 atom stereocenters. The second kappa shape index (κ2) is 7.96. The van der Waals surface area contributed by atoms with Gasteiger partial charge < -0.3 is 9.64 Å². The molecule has 1 amide bonds. The van der Waals surface area contributed by atoms with Crippen LogP contribution in [0.15, 0.2) is 42.7 Å². The zero-order chi connectivity index (χ0) is 17.6. The van der Waals surface area contributed by atoms with Gasteiger partial charge in [0.15, 0.2) is 6.10 Å². The summed E-state index contributed by atoms with van der Waals surface area (Å²) in [7, 11) is 0. The summed E-state index contributed by atoms with van der Waals surface area (Å²) in [5, 5.41) is 4.14. The van der Waals surface area contributed by atoms with Gasteiger partial charge in [0.05, 0.1) is 11.3 Å². The monoisotopic (exact) mass is 341 g/mol. The maximum Gasteiger partial charge on any atom is 0.338 e. The van der Waals surface area contributed by atoms with Gasteiger partial charge in [0.2, 0.25) is 0 Å². The van der Waals surface area contributed by atoms with Crippen molar-refractivity contribution in [3.05, 3.63) is 48.3 Å². The number of amides is 1. The average Bonchev–Trinajstić information content (AvgIpc) is 3.03. The number of aromatic nitrogens is 2. The summed E-state index contributed by atoms with van der Waals surface area (Å²) in [6, 6.07) is 8.79. The van der Waals surface area contributed by atoms with E-state index in [1.165, 1.54) is 0 Å². The summed E-state index contributed by atoms with van der Waals surface area (Å²) in [4.78, 5) is 26.6. The van der Waals surface area contributed by atoms with E-state index in [2.05, 4.69) is 5.10 Å². The maximum absolute atomic E-state index is 12.5. The minimum atomic E-state index is -0.767. The number of hydrogen-bond donors (Lipinski definition) is 0. The molecule has 1 saturated heterocycles. The summed E-state index contributed by atoms with van der Waals surface area (Å²) in [6.45, 7) is 3.14. The lowest BCUT2D eigenvalue weighted by Gasteiger charge is -2.24. The Balaban J connectivity index is 1.60. The number of rotatable bonds is 4. The lowest BCUT2D eigenvalue weighted by atomic mass is 10.2. The molecule has 6 heteroatoms. The van der Waals surface area contributed by atoms with Crippen LogP contribution in [0, 0.1) is 0 Å². The highest BCUT2D eigenvalue weighted by molar-refractivity contribution is 5.92. The molecule has 0 spiro atoms. The third-order valence-corrected chi connectivity index (χ3v) is 4.42. The highest BCUT2D eigenvalue weighted by Crippen LogP contribution is 2.14. The van der Waals surface area contributed by atoms with Crippen LogP contribution in [0.1, 0.15) is 43.0 Å². The average molecular weight is 341 g/mol. The quantitative estimate of drug-likeness (QED) is 0.802. The van der Waals surface area contributed by atoms with Crippen molar-refractivity contribution in [2.45, 2.75) is 38.7 Å². The van der Waals surface area contributed by atoms with E-state index in [0.29, 0.717) is 5.56 Å². The normalized spacial score (nSPS) is 16.1. The Morgan fingerprint density at radius 2 is 1.76 bits per heavy atom. The summed E-state index contributed by atoms with van der Waals surface area (Å²) >= 11 is 0. The second-order valence-electron chi connectivity index (χ2n) is 6.28. The predicted octanol–water partition coefficient (Wildman–Crippen LogP) is 2.82. The van der Waals surface area contributed by atoms with E-state index < -0.39 is 12.1 Å². The number of carbonyl (C=O) groups is 2. The Morgan fingerprint density at radius 3 is 2.36 bits per heavy atom. The van der Waals surface area contributed by atoms with Gasteiger partial charge in [-0.1, -0.05) is 12.8 Å². The minimum absolute atomic E-state index is 0.108. The van der Waals surface area contributed by atoms with Gasteiger partial charge in [-0.25, -0.2) is 9.48 Å². The van der Waals surface area contributed by atoms with E-state index in [1.54, 1.807) is 42.1 Å². The van der Waals surface area contributed by atoms with Crippen LogP contribution in [-0.2, 0) is 9.53 Å². The molecule has 1 aliphatic rings. The number of ether oxygens (including phenoxy) is 1. The van der Waals surface area contributed by atoms with Crippen LogP contribution in [0.5, 0.6) is 0 Å². The number of nitrogens with zero attached hydrogens (tertiary/aromatic N) is 3. The van der Waals surface area contributed by atoms with Crippen LogP contribution >= 0.6 is 0 Å². The lowest BCUT2D eigenvalue weighted by Crippen LogP contribution is -2.40. The van der Waals surface area contributed by atoms with Crippen LogP contribution in [-0.4, -0.2) is 45.8 Å². The molecule has 2 aromatic rings. The first kappa shape index (κ1) is 17.2. The van der Waals surface area contributed by atoms with Crippen molar-refractivity contribution in [2.24, 2.45) is 0 Å². The SMILES string of the molecule is CC(OC(=O)c1ccc(-n2cccn2)cc1)C(=O)N1CCCCCC1. The van der Waals surface area contributed by atoms with E-state index in [-0.39, 0.29) is 5.91 Å². The highest BCUT2D eigenvalue weighted by Gasteiger charge is 2.24. The highest BCUT2D eigenvalue weighted by atomic mass is 16.5. The van der Waals surface area contributed by atoms with Gasteiger partial charge in [-0.05, 0) is 50.1 Å². The van der Waals surface area contributed by atoms with Crippen molar-refractivity contribution < 1.29 is 14.3 Å². The molecular weight excluding hydrogens is 318 g/mol. The van der Waals surface area contributed by atoms with Crippen molar-refractivity contribution in [3.8, 4) is 5.69 Å². The van der Waals surface area contributed by atoms with Crippen molar-refractivity contribution in [2.75, 3.05) is 13.1 Å². The second-order valence-corrected chi connectivity index (χ2v) is 6.28. The van der Waals surface area contributed by atoms with Gasteiger partial charge >= 0.3 is 5.97 Å². The molecule has 0 bridgehead atoms. The van der Waals surface area contributed by atoms with E-state index in [0.717, 1.165) is 44.5 Å². The topological polar surface area (TPSA) is 64.4 Å². The molecule has 1 unspecified atom stereocenters. The van der Waals surface area contributed by atoms with Crippen LogP contribution in [0.3, 0.4) is 0 Å². The fraction of sp³-hybridized carbons (Fsp3) is 0.421. The van der Waals surface area contributed by atoms with Gasteiger partial charge in [-0.15, -0.1) is 0 Å². The zero-order valence-corrected chi connectivity index (χ0v) is 14.4. The predicted molar refractivity (Wildman–Crippen MR) is 93.5 cm³/mol. The van der Waals surface area contributed by atoms with Gasteiger partial charge in [-0.3, -0.25) is 4.79 Å². The fourth-order valence-corrected chi connectivity index (χ4v) is 3.00. The van der Waals surface area contributed by atoms with Crippen LogP contribution < -0.4 is 0 Å². The lowest BCUT2D eigenvalue weighted by molar-refractivity contribution is -0.139. The molecule has 0 saturated carbocycles. The molecular formula is C19H23N3O3. The fourth-order valence-electron chi connectivity index (χ4n) is 3.00. The molecule has 1 aliphatic heterocycles. The number of benzene rings is 1. The van der Waals surface area contributed by atoms with Gasteiger partial charge in [-0.2, -0.15) is 5.10 Å². The number of esters is 1. The first-order valence-corrected chi connectivity index (χ1v) is 8.75. The number of likely N-dealkylation sites (tertiary alicyclic amines) is 1. The summed E-state index contributed by atoms with van der Waals surface area (Å²) in [5.41, 5.74) is 1.28. The molecule has 0 radical (unpaired) electrons. The summed E-state index contributed by atoms with van der Waals surface area (Å²) < 4.78 is 7.08.